The minimum absolute atomic E-state index is 0. The maximum Gasteiger partial charge on any atom is 0.348 e. The number of anilines is 1. The minimum Gasteiger partial charge on any atom is -1.00 e. The summed E-state index contributed by atoms with van der Waals surface area (Å²) in [4.78, 5) is 26.1. The Balaban J connectivity index is 0.00000274. The fourth-order valence-electron chi connectivity index (χ4n) is 5.05. The van der Waals surface area contributed by atoms with Gasteiger partial charge in [0.1, 0.15) is 12.3 Å². The van der Waals surface area contributed by atoms with E-state index in [4.69, 9.17) is 9.26 Å². The zero-order chi connectivity index (χ0) is 23.1. The maximum atomic E-state index is 13.4. The van der Waals surface area contributed by atoms with Crippen molar-refractivity contribution in [3.8, 4) is 0 Å². The van der Waals surface area contributed by atoms with Crippen LogP contribution in [0.1, 0.15) is 29.7 Å². The molecule has 0 aliphatic carbocycles. The van der Waals surface area contributed by atoms with Gasteiger partial charge >= 0.3 is 5.97 Å². The molecule has 0 unspecified atom stereocenters. The molecule has 0 saturated carbocycles. The van der Waals surface area contributed by atoms with Gasteiger partial charge in [-0.1, -0.05) is 5.16 Å². The number of aryl methyl sites for hydroxylation is 1. The van der Waals surface area contributed by atoms with E-state index >= 15 is 0 Å². The van der Waals surface area contributed by atoms with Gasteiger partial charge in [0.25, 0.3) is 5.91 Å². The Hall–Kier alpha value is -2.05. The first-order valence-electron chi connectivity index (χ1n) is 11.0. The molecule has 1 atom stereocenters. The molecule has 0 spiro atoms. The molecule has 1 amide bonds. The largest absolute Gasteiger partial charge is 1.00 e. The number of aliphatic hydroxyl groups is 1. The van der Waals surface area contributed by atoms with Crippen molar-refractivity contribution in [1.29, 1.82) is 0 Å². The van der Waals surface area contributed by atoms with Crippen LogP contribution in [-0.2, 0) is 19.9 Å². The number of nitrogens with zero attached hydrogens (tertiary/aromatic N) is 2. The summed E-state index contributed by atoms with van der Waals surface area (Å²) in [6.07, 6.45) is 1.42. The van der Waals surface area contributed by atoms with Gasteiger partial charge in [0.05, 0.1) is 13.1 Å². The van der Waals surface area contributed by atoms with Crippen molar-refractivity contribution in [3.05, 3.63) is 56.6 Å². The number of halogens is 1. The molecule has 3 saturated heterocycles. The molecule has 0 aromatic carbocycles. The SMILES string of the molecule is Cc1cc(NC(=O)C[N+]23CCC(CC2)[C@@H](OC(=O)C(O)(c2ccsc2)c2ccsc2)C3)no1.[Br-]. The van der Waals surface area contributed by atoms with Gasteiger partial charge in [0, 0.05) is 36.0 Å². The number of piperidine rings is 3. The Kier molecular flexibility index (Phi) is 7.30. The quantitative estimate of drug-likeness (QED) is 0.311. The van der Waals surface area contributed by atoms with E-state index in [0.29, 0.717) is 33.7 Å². The van der Waals surface area contributed by atoms with Gasteiger partial charge in [-0.25, -0.2) is 4.79 Å². The van der Waals surface area contributed by atoms with E-state index in [9.17, 15) is 14.7 Å². The second kappa shape index (κ2) is 9.90. The number of thiophene rings is 2. The predicted octanol–water partition coefficient (Wildman–Crippen LogP) is 0.137. The summed E-state index contributed by atoms with van der Waals surface area (Å²) < 4.78 is 11.6. The fourth-order valence-corrected chi connectivity index (χ4v) is 6.45. The first kappa shape index (κ1) is 25.1. The van der Waals surface area contributed by atoms with E-state index < -0.39 is 11.6 Å². The monoisotopic (exact) mass is 567 g/mol. The molecule has 6 heterocycles. The van der Waals surface area contributed by atoms with Gasteiger partial charge in [-0.05, 0) is 40.6 Å². The van der Waals surface area contributed by atoms with Gasteiger partial charge < -0.3 is 41.1 Å². The second-order valence-electron chi connectivity index (χ2n) is 9.02. The molecule has 2 N–H and O–H groups in total. The van der Waals surface area contributed by atoms with Crippen LogP contribution < -0.4 is 22.3 Å². The van der Waals surface area contributed by atoms with E-state index in [1.165, 1.54) is 22.7 Å². The Morgan fingerprint density at radius 2 is 1.88 bits per heavy atom. The maximum absolute atomic E-state index is 13.4. The molecule has 3 fully saturated rings. The summed E-state index contributed by atoms with van der Waals surface area (Å²) in [6.45, 7) is 4.34. The molecule has 3 aliphatic rings. The second-order valence-corrected chi connectivity index (χ2v) is 10.6. The van der Waals surface area contributed by atoms with Crippen molar-refractivity contribution >= 4 is 40.4 Å². The van der Waals surface area contributed by atoms with Crippen LogP contribution in [-0.4, -0.2) is 58.9 Å². The summed E-state index contributed by atoms with van der Waals surface area (Å²) in [5.41, 5.74) is -0.800. The van der Waals surface area contributed by atoms with Crippen molar-refractivity contribution in [1.82, 2.24) is 5.16 Å². The number of amides is 1. The van der Waals surface area contributed by atoms with Crippen molar-refractivity contribution in [2.45, 2.75) is 31.5 Å². The zero-order valence-electron chi connectivity index (χ0n) is 18.6. The van der Waals surface area contributed by atoms with Crippen molar-refractivity contribution < 1.29 is 45.4 Å². The van der Waals surface area contributed by atoms with E-state index in [2.05, 4.69) is 10.5 Å². The summed E-state index contributed by atoms with van der Waals surface area (Å²) in [5.74, 6) is 0.485. The van der Waals surface area contributed by atoms with Gasteiger partial charge in [0.2, 0.25) is 5.60 Å². The van der Waals surface area contributed by atoms with Gasteiger partial charge in [-0.15, -0.1) is 0 Å². The topological polar surface area (TPSA) is 102 Å². The Morgan fingerprint density at radius 1 is 1.24 bits per heavy atom. The highest BCUT2D eigenvalue weighted by atomic mass is 79.9. The standard InChI is InChI=1S/C23H25N3O5S2.BrH/c1-15-10-20(25-31-15)24-21(27)12-26-6-2-16(3-7-26)19(11-26)30-22(28)23(29,17-4-8-32-13-17)18-5-9-33-14-18;/h4-5,8-10,13-14,16,19,29H,2-3,6-7,11-12H2,1H3;1H/t16?,19-,26?;/m0./s1. The first-order valence-corrected chi connectivity index (χ1v) is 12.8. The number of carbonyl (C=O) groups is 2. The number of fused-ring (bicyclic) bond motifs is 3. The summed E-state index contributed by atoms with van der Waals surface area (Å²) >= 11 is 2.85. The molecule has 0 radical (unpaired) electrons. The van der Waals surface area contributed by atoms with Crippen LogP contribution in [0.4, 0.5) is 5.82 Å². The first-order chi connectivity index (χ1) is 15.9. The average Bonchev–Trinajstić information content (AvgIpc) is 3.57. The van der Waals surface area contributed by atoms with Crippen molar-refractivity contribution in [3.63, 3.8) is 0 Å². The molecule has 3 aromatic rings. The smallest absolute Gasteiger partial charge is 0.348 e. The minimum atomic E-state index is -1.83. The van der Waals surface area contributed by atoms with E-state index in [1.807, 2.05) is 10.8 Å². The number of hydrogen-bond donors (Lipinski definition) is 2. The molecule has 2 bridgehead atoms. The lowest BCUT2D eigenvalue weighted by Crippen LogP contribution is -3.00. The molecule has 3 aliphatic heterocycles. The Labute approximate surface area is 215 Å². The lowest BCUT2D eigenvalue weighted by molar-refractivity contribution is -0.939. The third-order valence-corrected chi connectivity index (χ3v) is 8.21. The number of esters is 1. The van der Waals surface area contributed by atoms with E-state index in [1.54, 1.807) is 35.9 Å². The molecular formula is C23H26BrN3O5S2. The lowest BCUT2D eigenvalue weighted by atomic mass is 9.82. The molecule has 182 valence electrons. The number of carbonyl (C=O) groups excluding carboxylic acids is 2. The van der Waals surface area contributed by atoms with E-state index in [0.717, 1.165) is 25.9 Å². The van der Waals surface area contributed by atoms with Crippen LogP contribution in [0.5, 0.6) is 0 Å². The lowest BCUT2D eigenvalue weighted by Gasteiger charge is -2.51. The summed E-state index contributed by atoms with van der Waals surface area (Å²) in [5, 5.41) is 25.4. The molecule has 11 heteroatoms. The average molecular weight is 569 g/mol. The number of ether oxygens (including phenoxy) is 1. The van der Waals surface area contributed by atoms with Gasteiger partial charge in [0.15, 0.2) is 18.5 Å². The number of rotatable bonds is 7. The summed E-state index contributed by atoms with van der Waals surface area (Å²) in [7, 11) is 0. The fraction of sp³-hybridized carbons (Fsp3) is 0.435. The van der Waals surface area contributed by atoms with Crippen molar-refractivity contribution in [2.75, 3.05) is 31.5 Å². The third kappa shape index (κ3) is 4.72. The predicted molar refractivity (Wildman–Crippen MR) is 124 cm³/mol. The number of nitrogens with one attached hydrogen (secondary N) is 1. The number of quaternary nitrogens is 1. The highest BCUT2D eigenvalue weighted by molar-refractivity contribution is 7.08. The Morgan fingerprint density at radius 3 is 2.41 bits per heavy atom. The normalized spacial score (nSPS) is 23.8. The van der Waals surface area contributed by atoms with Gasteiger partial charge in [-0.3, -0.25) is 4.79 Å². The van der Waals surface area contributed by atoms with E-state index in [-0.39, 0.29) is 41.5 Å². The van der Waals surface area contributed by atoms with Crippen LogP contribution in [0.25, 0.3) is 0 Å². The van der Waals surface area contributed by atoms with Crippen LogP contribution in [0.3, 0.4) is 0 Å². The van der Waals surface area contributed by atoms with Crippen molar-refractivity contribution in [2.24, 2.45) is 5.92 Å². The third-order valence-electron chi connectivity index (χ3n) is 6.85. The molecule has 34 heavy (non-hydrogen) atoms. The Bertz CT molecular complexity index is 1090. The molecule has 6 rings (SSSR count). The van der Waals surface area contributed by atoms with Crippen LogP contribution >= 0.6 is 22.7 Å². The molecular weight excluding hydrogens is 542 g/mol. The summed E-state index contributed by atoms with van der Waals surface area (Å²) in [6, 6.07) is 5.19. The highest BCUT2D eigenvalue weighted by Gasteiger charge is 2.51. The highest BCUT2D eigenvalue weighted by Crippen LogP contribution is 2.39. The van der Waals surface area contributed by atoms with Crippen LogP contribution in [0, 0.1) is 12.8 Å². The van der Waals surface area contributed by atoms with Gasteiger partial charge in [-0.2, -0.15) is 22.7 Å². The van der Waals surface area contributed by atoms with Crippen LogP contribution in [0.15, 0.2) is 44.2 Å². The zero-order valence-corrected chi connectivity index (χ0v) is 21.8. The number of aromatic nitrogens is 1. The molecule has 3 aromatic heterocycles. The van der Waals surface area contributed by atoms with Crippen LogP contribution in [0.2, 0.25) is 0 Å². The number of hydrogen-bond acceptors (Lipinski definition) is 8. The molecule has 8 nitrogen and oxygen atoms in total.